The average molecular weight is 362 g/mol. The van der Waals surface area contributed by atoms with Crippen LogP contribution in [0.1, 0.15) is 32.1 Å². The molecule has 0 unspecified atom stereocenters. The minimum Gasteiger partial charge on any atom is -0.481 e. The standard InChI is InChI=1S/C15H26N2O8/c18-12(19)3-8-16(9-4-13(20)21)6-1-2-7-17(11-15(24)25)10-5-14(22)23/h1-11H2,(H,18,19)(H,20,21)(H,22,23)(H,24,25). The molecule has 25 heavy (non-hydrogen) atoms. The first-order chi connectivity index (χ1) is 11.7. The van der Waals surface area contributed by atoms with E-state index in [4.69, 9.17) is 20.4 Å². The van der Waals surface area contributed by atoms with E-state index in [1.807, 2.05) is 0 Å². The van der Waals surface area contributed by atoms with Gasteiger partial charge in [-0.2, -0.15) is 0 Å². The van der Waals surface area contributed by atoms with Crippen LogP contribution in [0.4, 0.5) is 0 Å². The lowest BCUT2D eigenvalue weighted by molar-refractivity contribution is -0.141. The highest BCUT2D eigenvalue weighted by Crippen LogP contribution is 2.02. The van der Waals surface area contributed by atoms with Gasteiger partial charge in [0.05, 0.1) is 25.8 Å². The third-order valence-electron chi connectivity index (χ3n) is 3.48. The van der Waals surface area contributed by atoms with Crippen molar-refractivity contribution in [3.8, 4) is 0 Å². The Balaban J connectivity index is 4.26. The molecular weight excluding hydrogens is 336 g/mol. The summed E-state index contributed by atoms with van der Waals surface area (Å²) < 4.78 is 0. The van der Waals surface area contributed by atoms with Crippen LogP contribution in [-0.2, 0) is 19.2 Å². The van der Waals surface area contributed by atoms with Gasteiger partial charge < -0.3 is 25.3 Å². The van der Waals surface area contributed by atoms with E-state index >= 15 is 0 Å². The van der Waals surface area contributed by atoms with Crippen molar-refractivity contribution in [2.45, 2.75) is 32.1 Å². The second kappa shape index (κ2) is 13.1. The van der Waals surface area contributed by atoms with Gasteiger partial charge in [-0.3, -0.25) is 24.1 Å². The molecule has 0 bridgehead atoms. The van der Waals surface area contributed by atoms with Gasteiger partial charge in [-0.15, -0.1) is 0 Å². The Morgan fingerprint density at radius 1 is 0.520 bits per heavy atom. The van der Waals surface area contributed by atoms with E-state index in [9.17, 15) is 19.2 Å². The highest BCUT2D eigenvalue weighted by atomic mass is 16.4. The number of hydrogen-bond donors (Lipinski definition) is 4. The zero-order chi connectivity index (χ0) is 19.2. The molecule has 0 atom stereocenters. The van der Waals surface area contributed by atoms with E-state index in [0.29, 0.717) is 25.9 Å². The van der Waals surface area contributed by atoms with Gasteiger partial charge in [-0.05, 0) is 25.9 Å². The maximum atomic E-state index is 10.8. The molecule has 0 amide bonds. The minimum atomic E-state index is -1.03. The van der Waals surface area contributed by atoms with Crippen molar-refractivity contribution in [1.29, 1.82) is 0 Å². The molecule has 0 fully saturated rings. The Bertz CT molecular complexity index is 437. The summed E-state index contributed by atoms with van der Waals surface area (Å²) in [4.78, 5) is 45.9. The predicted molar refractivity (Wildman–Crippen MR) is 86.5 cm³/mol. The number of unbranched alkanes of at least 4 members (excludes halogenated alkanes) is 1. The number of carboxylic acid groups (broad SMARTS) is 4. The molecule has 0 aromatic carbocycles. The van der Waals surface area contributed by atoms with Crippen molar-refractivity contribution in [3.05, 3.63) is 0 Å². The third kappa shape index (κ3) is 15.1. The molecule has 0 aromatic heterocycles. The molecule has 0 heterocycles. The number of rotatable bonds is 16. The smallest absolute Gasteiger partial charge is 0.317 e. The van der Waals surface area contributed by atoms with E-state index in [2.05, 4.69) is 0 Å². The van der Waals surface area contributed by atoms with E-state index in [1.165, 1.54) is 4.90 Å². The molecule has 0 saturated carbocycles. The highest BCUT2D eigenvalue weighted by Gasteiger charge is 2.13. The Hall–Kier alpha value is -2.20. The van der Waals surface area contributed by atoms with Gasteiger partial charge >= 0.3 is 23.9 Å². The van der Waals surface area contributed by atoms with Crippen molar-refractivity contribution in [2.75, 3.05) is 39.3 Å². The Morgan fingerprint density at radius 2 is 0.880 bits per heavy atom. The van der Waals surface area contributed by atoms with Crippen molar-refractivity contribution in [3.63, 3.8) is 0 Å². The van der Waals surface area contributed by atoms with Gasteiger partial charge in [0.15, 0.2) is 0 Å². The van der Waals surface area contributed by atoms with Crippen LogP contribution in [0, 0.1) is 0 Å². The molecule has 0 aromatic rings. The second-order valence-corrected chi connectivity index (χ2v) is 5.65. The summed E-state index contributed by atoms with van der Waals surface area (Å²) in [7, 11) is 0. The number of hydrogen-bond acceptors (Lipinski definition) is 6. The van der Waals surface area contributed by atoms with Crippen LogP contribution in [0.25, 0.3) is 0 Å². The molecule has 0 aliphatic heterocycles. The zero-order valence-corrected chi connectivity index (χ0v) is 14.1. The Kier molecular flexibility index (Phi) is 12.0. The van der Waals surface area contributed by atoms with Gasteiger partial charge in [0, 0.05) is 19.6 Å². The van der Waals surface area contributed by atoms with E-state index in [1.54, 1.807) is 4.90 Å². The molecule has 0 radical (unpaired) electrons. The molecule has 0 aliphatic carbocycles. The Morgan fingerprint density at radius 3 is 1.24 bits per heavy atom. The van der Waals surface area contributed by atoms with Crippen LogP contribution in [0.3, 0.4) is 0 Å². The summed E-state index contributed by atoms with van der Waals surface area (Å²) in [6.07, 6.45) is 0.926. The molecule has 144 valence electrons. The van der Waals surface area contributed by atoms with E-state index in [0.717, 1.165) is 0 Å². The first-order valence-electron chi connectivity index (χ1n) is 8.02. The maximum Gasteiger partial charge on any atom is 0.317 e. The Labute approximate surface area is 145 Å². The van der Waals surface area contributed by atoms with Gasteiger partial charge in [-0.25, -0.2) is 0 Å². The molecule has 0 aliphatic rings. The van der Waals surface area contributed by atoms with Crippen LogP contribution in [0.15, 0.2) is 0 Å². The number of carbonyl (C=O) groups is 4. The average Bonchev–Trinajstić information content (AvgIpc) is 2.49. The number of carboxylic acids is 4. The monoisotopic (exact) mass is 362 g/mol. The van der Waals surface area contributed by atoms with Gasteiger partial charge in [0.25, 0.3) is 0 Å². The summed E-state index contributed by atoms with van der Waals surface area (Å²) >= 11 is 0. The summed E-state index contributed by atoms with van der Waals surface area (Å²) in [5.74, 6) is -3.94. The normalized spacial score (nSPS) is 11.0. The molecule has 0 rings (SSSR count). The third-order valence-corrected chi connectivity index (χ3v) is 3.48. The molecular formula is C15H26N2O8. The second-order valence-electron chi connectivity index (χ2n) is 5.65. The zero-order valence-electron chi connectivity index (χ0n) is 14.1. The number of aliphatic carboxylic acids is 4. The lowest BCUT2D eigenvalue weighted by Crippen LogP contribution is -2.34. The van der Waals surface area contributed by atoms with Crippen LogP contribution in [-0.4, -0.2) is 93.4 Å². The lowest BCUT2D eigenvalue weighted by atomic mass is 10.2. The van der Waals surface area contributed by atoms with E-state index < -0.39 is 23.9 Å². The predicted octanol–water partition coefficient (Wildman–Crippen LogP) is -0.121. The number of nitrogens with zero attached hydrogens (tertiary/aromatic N) is 2. The van der Waals surface area contributed by atoms with Crippen LogP contribution >= 0.6 is 0 Å². The quantitative estimate of drug-likeness (QED) is 0.273. The fourth-order valence-corrected chi connectivity index (χ4v) is 2.23. The molecule has 10 nitrogen and oxygen atoms in total. The maximum absolute atomic E-state index is 10.8. The van der Waals surface area contributed by atoms with Crippen molar-refractivity contribution >= 4 is 23.9 Å². The van der Waals surface area contributed by atoms with Crippen molar-refractivity contribution in [1.82, 2.24) is 9.80 Å². The molecule has 0 spiro atoms. The van der Waals surface area contributed by atoms with E-state index in [-0.39, 0.29) is 45.4 Å². The first-order valence-corrected chi connectivity index (χ1v) is 8.02. The van der Waals surface area contributed by atoms with Crippen molar-refractivity contribution < 1.29 is 39.6 Å². The summed E-state index contributed by atoms with van der Waals surface area (Å²) in [5, 5.41) is 34.9. The highest BCUT2D eigenvalue weighted by molar-refractivity contribution is 5.69. The molecule has 0 saturated heterocycles. The van der Waals surface area contributed by atoms with Gasteiger partial charge in [0.1, 0.15) is 0 Å². The van der Waals surface area contributed by atoms with Crippen LogP contribution in [0.5, 0.6) is 0 Å². The topological polar surface area (TPSA) is 156 Å². The minimum absolute atomic E-state index is 0.0800. The fourth-order valence-electron chi connectivity index (χ4n) is 2.23. The summed E-state index contributed by atoms with van der Waals surface area (Å²) in [6.45, 7) is 1.31. The lowest BCUT2D eigenvalue weighted by Gasteiger charge is -2.22. The molecule has 4 N–H and O–H groups in total. The first kappa shape index (κ1) is 22.8. The summed E-state index contributed by atoms with van der Waals surface area (Å²) in [6, 6.07) is 0. The fraction of sp³-hybridized carbons (Fsp3) is 0.733. The SMILES string of the molecule is O=C(O)CCN(CCCCN(CCC(=O)O)CC(=O)O)CCC(=O)O. The largest absolute Gasteiger partial charge is 0.481 e. The van der Waals surface area contributed by atoms with Crippen LogP contribution < -0.4 is 0 Å². The molecule has 10 heteroatoms. The van der Waals surface area contributed by atoms with Gasteiger partial charge in [0.2, 0.25) is 0 Å². The van der Waals surface area contributed by atoms with Gasteiger partial charge in [-0.1, -0.05) is 0 Å². The van der Waals surface area contributed by atoms with Crippen LogP contribution in [0.2, 0.25) is 0 Å². The van der Waals surface area contributed by atoms with Crippen molar-refractivity contribution in [2.24, 2.45) is 0 Å². The summed E-state index contributed by atoms with van der Waals surface area (Å²) in [5.41, 5.74) is 0.